The van der Waals surface area contributed by atoms with E-state index in [-0.39, 0.29) is 12.0 Å². The average molecular weight is 318 g/mol. The largest absolute Gasteiger partial charge is 0.480 e. The zero-order chi connectivity index (χ0) is 16.8. The van der Waals surface area contributed by atoms with Gasteiger partial charge in [0.05, 0.1) is 0 Å². The van der Waals surface area contributed by atoms with Gasteiger partial charge in [-0.15, -0.1) is 0 Å². The molecule has 0 spiro atoms. The number of carboxylic acids is 1. The Kier molecular flexibility index (Phi) is 6.36. The van der Waals surface area contributed by atoms with Crippen molar-refractivity contribution in [3.8, 4) is 0 Å². The summed E-state index contributed by atoms with van der Waals surface area (Å²) >= 11 is 0. The Balaban J connectivity index is 2.67. The van der Waals surface area contributed by atoms with Gasteiger partial charge in [0.1, 0.15) is 12.1 Å². The number of hydrogen-bond donors (Lipinski definition) is 3. The number of benzene rings is 1. The lowest BCUT2D eigenvalue weighted by Gasteiger charge is -2.21. The van der Waals surface area contributed by atoms with Crippen molar-refractivity contribution in [3.63, 3.8) is 0 Å². The van der Waals surface area contributed by atoms with Crippen LogP contribution in [0.3, 0.4) is 0 Å². The Morgan fingerprint density at radius 2 is 1.77 bits per heavy atom. The molecular weight excluding hydrogens is 301 g/mol. The van der Waals surface area contributed by atoms with E-state index in [2.05, 4.69) is 10.6 Å². The molecule has 22 heavy (non-hydrogen) atoms. The lowest BCUT2D eigenvalue weighted by atomic mass is 10.1. The highest BCUT2D eigenvalue weighted by Gasteiger charge is 2.39. The minimum Gasteiger partial charge on any atom is -0.480 e. The minimum absolute atomic E-state index is 0.245. The third-order valence-electron chi connectivity index (χ3n) is 3.13. The van der Waals surface area contributed by atoms with E-state index < -0.39 is 36.6 Å². The molecule has 1 rings (SSSR count). The maximum absolute atomic E-state index is 12.6. The Bertz CT molecular complexity index is 506. The Morgan fingerprint density at radius 1 is 1.18 bits per heavy atom. The van der Waals surface area contributed by atoms with Gasteiger partial charge in [0.15, 0.2) is 0 Å². The van der Waals surface area contributed by atoms with Gasteiger partial charge in [0, 0.05) is 5.56 Å². The number of aliphatic carboxylic acids is 1. The van der Waals surface area contributed by atoms with Crippen LogP contribution in [0.25, 0.3) is 0 Å². The van der Waals surface area contributed by atoms with Crippen LogP contribution in [0.1, 0.15) is 23.2 Å². The summed E-state index contributed by atoms with van der Waals surface area (Å²) in [5.41, 5.74) is 0.245. The first-order chi connectivity index (χ1) is 10.3. The number of carboxylic acid groups (broad SMARTS) is 1. The maximum Gasteiger partial charge on any atom is 0.403 e. The van der Waals surface area contributed by atoms with Gasteiger partial charge in [-0.2, -0.15) is 13.2 Å². The molecule has 5 nitrogen and oxygen atoms in total. The molecule has 8 heteroatoms. The molecule has 3 N–H and O–H groups in total. The van der Waals surface area contributed by atoms with Crippen molar-refractivity contribution in [2.75, 3.05) is 7.05 Å². The number of halogens is 3. The molecule has 0 fully saturated rings. The van der Waals surface area contributed by atoms with E-state index in [9.17, 15) is 22.8 Å². The minimum atomic E-state index is -4.47. The molecule has 0 aromatic heterocycles. The average Bonchev–Trinajstić information content (AvgIpc) is 2.45. The quantitative estimate of drug-likeness (QED) is 0.716. The van der Waals surface area contributed by atoms with Gasteiger partial charge in [-0.3, -0.25) is 4.79 Å². The molecule has 1 amide bonds. The number of carbonyl (C=O) groups is 2. The van der Waals surface area contributed by atoms with Crippen LogP contribution in [0, 0.1) is 0 Å². The summed E-state index contributed by atoms with van der Waals surface area (Å²) in [5, 5.41) is 13.4. The zero-order valence-corrected chi connectivity index (χ0v) is 11.9. The predicted molar refractivity (Wildman–Crippen MR) is 73.5 cm³/mol. The van der Waals surface area contributed by atoms with E-state index in [0.717, 1.165) is 7.05 Å². The van der Waals surface area contributed by atoms with Crippen molar-refractivity contribution >= 4 is 11.9 Å². The van der Waals surface area contributed by atoms with Crippen molar-refractivity contribution in [2.45, 2.75) is 31.1 Å². The predicted octanol–water partition coefficient (Wildman–Crippen LogP) is 1.80. The summed E-state index contributed by atoms with van der Waals surface area (Å²) in [7, 11) is 1.15. The second-order valence-electron chi connectivity index (χ2n) is 4.69. The van der Waals surface area contributed by atoms with Crippen LogP contribution < -0.4 is 10.6 Å². The molecular formula is C14H17F3N2O3. The number of hydrogen-bond acceptors (Lipinski definition) is 3. The van der Waals surface area contributed by atoms with E-state index in [4.69, 9.17) is 5.11 Å². The third kappa shape index (κ3) is 5.36. The molecule has 0 saturated heterocycles. The van der Waals surface area contributed by atoms with Crippen LogP contribution in [-0.2, 0) is 4.79 Å². The number of amides is 1. The van der Waals surface area contributed by atoms with Gasteiger partial charge in [-0.1, -0.05) is 18.2 Å². The fraction of sp³-hybridized carbons (Fsp3) is 0.429. The van der Waals surface area contributed by atoms with Gasteiger partial charge in [-0.25, -0.2) is 4.79 Å². The van der Waals surface area contributed by atoms with Crippen molar-refractivity contribution in [3.05, 3.63) is 35.9 Å². The van der Waals surface area contributed by atoms with Gasteiger partial charge in [0.2, 0.25) is 0 Å². The van der Waals surface area contributed by atoms with E-state index in [1.807, 2.05) is 0 Å². The van der Waals surface area contributed by atoms with Gasteiger partial charge >= 0.3 is 12.1 Å². The summed E-state index contributed by atoms with van der Waals surface area (Å²) in [6, 6.07) is 4.66. The van der Waals surface area contributed by atoms with Crippen molar-refractivity contribution in [1.29, 1.82) is 0 Å². The molecule has 0 aliphatic carbocycles. The summed E-state index contributed by atoms with van der Waals surface area (Å²) in [6.07, 6.45) is -5.26. The third-order valence-corrected chi connectivity index (χ3v) is 3.13. The maximum atomic E-state index is 12.6. The van der Waals surface area contributed by atoms with Gasteiger partial charge in [0.25, 0.3) is 5.91 Å². The van der Waals surface area contributed by atoms with Crippen molar-refractivity contribution in [1.82, 2.24) is 10.6 Å². The van der Waals surface area contributed by atoms with Crippen LogP contribution in [0.2, 0.25) is 0 Å². The van der Waals surface area contributed by atoms with Crippen LogP contribution in [-0.4, -0.2) is 42.3 Å². The van der Waals surface area contributed by atoms with Crippen molar-refractivity contribution in [2.24, 2.45) is 0 Å². The summed E-state index contributed by atoms with van der Waals surface area (Å²) in [4.78, 5) is 23.0. The van der Waals surface area contributed by atoms with E-state index in [1.165, 1.54) is 12.1 Å². The van der Waals surface area contributed by atoms with Gasteiger partial charge in [-0.05, 0) is 32.0 Å². The van der Waals surface area contributed by atoms with Crippen LogP contribution in [0.4, 0.5) is 13.2 Å². The lowest BCUT2D eigenvalue weighted by Crippen LogP contribution is -2.45. The molecule has 0 bridgehead atoms. The Hall–Kier alpha value is -2.09. The molecule has 0 unspecified atom stereocenters. The van der Waals surface area contributed by atoms with E-state index >= 15 is 0 Å². The van der Waals surface area contributed by atoms with E-state index in [1.54, 1.807) is 18.2 Å². The molecule has 1 aromatic rings. The number of alkyl halides is 3. The molecule has 1 aromatic carbocycles. The molecule has 0 aliphatic heterocycles. The smallest absolute Gasteiger partial charge is 0.403 e. The monoisotopic (exact) mass is 318 g/mol. The van der Waals surface area contributed by atoms with Crippen LogP contribution in [0.15, 0.2) is 30.3 Å². The fourth-order valence-electron chi connectivity index (χ4n) is 1.89. The zero-order valence-electron chi connectivity index (χ0n) is 11.9. The van der Waals surface area contributed by atoms with E-state index in [0.29, 0.717) is 0 Å². The first kappa shape index (κ1) is 18.0. The molecule has 0 heterocycles. The number of rotatable bonds is 7. The SMILES string of the molecule is CN[C@@H](CC[C@H](NC(=O)c1ccccc1)C(=O)O)C(F)(F)F. The standard InChI is InChI=1S/C14H17F3N2O3/c1-18-11(14(15,16)17)8-7-10(13(21)22)19-12(20)9-5-3-2-4-6-9/h2-6,10-11,18H,7-8H2,1H3,(H,19,20)(H,21,22)/t10-,11-/m0/s1. The molecule has 0 radical (unpaired) electrons. The highest BCUT2D eigenvalue weighted by Crippen LogP contribution is 2.23. The van der Waals surface area contributed by atoms with Crippen LogP contribution in [0.5, 0.6) is 0 Å². The summed E-state index contributed by atoms with van der Waals surface area (Å²) < 4.78 is 37.8. The van der Waals surface area contributed by atoms with Crippen molar-refractivity contribution < 1.29 is 27.9 Å². The topological polar surface area (TPSA) is 78.4 Å². The van der Waals surface area contributed by atoms with Crippen LogP contribution >= 0.6 is 0 Å². The molecule has 122 valence electrons. The number of nitrogens with one attached hydrogen (secondary N) is 2. The first-order valence-corrected chi connectivity index (χ1v) is 6.58. The Morgan fingerprint density at radius 3 is 2.23 bits per heavy atom. The van der Waals surface area contributed by atoms with Gasteiger partial charge < -0.3 is 15.7 Å². The second kappa shape index (κ2) is 7.79. The highest BCUT2D eigenvalue weighted by atomic mass is 19.4. The number of carbonyl (C=O) groups excluding carboxylic acids is 1. The summed E-state index contributed by atoms with van der Waals surface area (Å²) in [6.45, 7) is 0. The fourth-order valence-corrected chi connectivity index (χ4v) is 1.89. The molecule has 0 aliphatic rings. The lowest BCUT2D eigenvalue weighted by molar-refractivity contribution is -0.157. The molecule has 2 atom stereocenters. The Labute approximate surface area is 125 Å². The summed E-state index contributed by atoms with van der Waals surface area (Å²) in [5.74, 6) is -2.01. The molecule has 0 saturated carbocycles. The normalized spacial score (nSPS) is 14.2. The first-order valence-electron chi connectivity index (χ1n) is 6.58. The second-order valence-corrected chi connectivity index (χ2v) is 4.69. The highest BCUT2D eigenvalue weighted by molar-refractivity contribution is 5.96.